The summed E-state index contributed by atoms with van der Waals surface area (Å²) in [5, 5.41) is 23.4. The van der Waals surface area contributed by atoms with Gasteiger partial charge >= 0.3 is 5.97 Å². The molecule has 2 N–H and O–H groups in total. The topological polar surface area (TPSA) is 75.4 Å². The number of rotatable bonds is 3. The van der Waals surface area contributed by atoms with Crippen molar-refractivity contribution >= 4 is 5.97 Å². The molecule has 0 saturated carbocycles. The standard InChI is InChI=1S/C12H16N2O3/c1-14-7-8(6-13-14)11(15)9-4-2-3-5-10(9)12(16)17/h2-3,6-7,9-11,15H,4-5H2,1H3,(H,16,17). The minimum atomic E-state index is -0.845. The number of hydrogen-bond donors (Lipinski definition) is 2. The molecular formula is C12H16N2O3. The molecule has 0 amide bonds. The van der Waals surface area contributed by atoms with Gasteiger partial charge in [0.1, 0.15) is 0 Å². The summed E-state index contributed by atoms with van der Waals surface area (Å²) in [6.45, 7) is 0. The van der Waals surface area contributed by atoms with Gasteiger partial charge in [0.05, 0.1) is 18.2 Å². The molecule has 0 fully saturated rings. The molecule has 92 valence electrons. The van der Waals surface area contributed by atoms with Crippen molar-refractivity contribution in [1.82, 2.24) is 9.78 Å². The quantitative estimate of drug-likeness (QED) is 0.771. The number of hydrogen-bond acceptors (Lipinski definition) is 3. The molecule has 1 heterocycles. The molecular weight excluding hydrogens is 220 g/mol. The fourth-order valence-electron chi connectivity index (χ4n) is 2.31. The first-order valence-electron chi connectivity index (χ1n) is 5.64. The number of carboxylic acid groups (broad SMARTS) is 1. The van der Waals surface area contributed by atoms with Crippen LogP contribution in [0.15, 0.2) is 24.5 Å². The largest absolute Gasteiger partial charge is 0.481 e. The van der Waals surface area contributed by atoms with Gasteiger partial charge in [-0.05, 0) is 12.8 Å². The maximum absolute atomic E-state index is 11.1. The van der Waals surface area contributed by atoms with E-state index in [1.165, 1.54) is 0 Å². The molecule has 0 spiro atoms. The number of carboxylic acids is 1. The molecule has 3 unspecified atom stereocenters. The van der Waals surface area contributed by atoms with Crippen LogP contribution >= 0.6 is 0 Å². The average Bonchev–Trinajstić information content (AvgIpc) is 2.75. The fourth-order valence-corrected chi connectivity index (χ4v) is 2.31. The van der Waals surface area contributed by atoms with Crippen LogP contribution in [0, 0.1) is 11.8 Å². The highest BCUT2D eigenvalue weighted by molar-refractivity contribution is 5.71. The molecule has 5 nitrogen and oxygen atoms in total. The molecule has 2 rings (SSSR count). The molecule has 1 aromatic heterocycles. The molecule has 0 aromatic carbocycles. The second-order valence-electron chi connectivity index (χ2n) is 4.44. The van der Waals surface area contributed by atoms with E-state index in [4.69, 9.17) is 5.11 Å². The zero-order chi connectivity index (χ0) is 12.4. The SMILES string of the molecule is Cn1cc(C(O)C2CC=CCC2C(=O)O)cn1. The number of nitrogens with zero attached hydrogens (tertiary/aromatic N) is 2. The Morgan fingerprint density at radius 3 is 2.82 bits per heavy atom. The lowest BCUT2D eigenvalue weighted by Gasteiger charge is -2.28. The Morgan fingerprint density at radius 2 is 2.24 bits per heavy atom. The van der Waals surface area contributed by atoms with E-state index >= 15 is 0 Å². The molecule has 3 atom stereocenters. The van der Waals surface area contributed by atoms with Crippen LogP contribution in [0.5, 0.6) is 0 Å². The predicted octanol–water partition coefficient (Wildman–Crippen LogP) is 1.12. The maximum atomic E-state index is 11.1. The zero-order valence-corrected chi connectivity index (χ0v) is 9.65. The number of carbonyl (C=O) groups is 1. The van der Waals surface area contributed by atoms with Crippen LogP contribution in [0.3, 0.4) is 0 Å². The third-order valence-corrected chi connectivity index (χ3v) is 3.27. The van der Waals surface area contributed by atoms with Gasteiger partial charge < -0.3 is 10.2 Å². The van der Waals surface area contributed by atoms with Gasteiger partial charge in [-0.15, -0.1) is 0 Å². The number of allylic oxidation sites excluding steroid dienone is 2. The molecule has 1 aliphatic carbocycles. The van der Waals surface area contributed by atoms with Crippen LogP contribution in [-0.4, -0.2) is 26.0 Å². The summed E-state index contributed by atoms with van der Waals surface area (Å²) in [4.78, 5) is 11.1. The summed E-state index contributed by atoms with van der Waals surface area (Å²) in [6, 6.07) is 0. The van der Waals surface area contributed by atoms with Crippen molar-refractivity contribution in [3.05, 3.63) is 30.1 Å². The first kappa shape index (κ1) is 11.9. The Hall–Kier alpha value is -1.62. The predicted molar refractivity (Wildman–Crippen MR) is 61.2 cm³/mol. The van der Waals surface area contributed by atoms with Crippen molar-refractivity contribution in [2.75, 3.05) is 0 Å². The first-order chi connectivity index (χ1) is 8.09. The Bertz CT molecular complexity index is 439. The van der Waals surface area contributed by atoms with E-state index in [2.05, 4.69) is 5.10 Å². The van der Waals surface area contributed by atoms with Crippen molar-refractivity contribution in [3.63, 3.8) is 0 Å². The Kier molecular flexibility index (Phi) is 3.28. The van der Waals surface area contributed by atoms with E-state index in [0.29, 0.717) is 18.4 Å². The van der Waals surface area contributed by atoms with Crippen molar-refractivity contribution in [1.29, 1.82) is 0 Å². The fraction of sp³-hybridized carbons (Fsp3) is 0.500. The smallest absolute Gasteiger partial charge is 0.307 e. The Morgan fingerprint density at radius 1 is 1.53 bits per heavy atom. The maximum Gasteiger partial charge on any atom is 0.307 e. The third-order valence-electron chi connectivity index (χ3n) is 3.27. The van der Waals surface area contributed by atoms with Crippen molar-refractivity contribution in [2.45, 2.75) is 18.9 Å². The van der Waals surface area contributed by atoms with Crippen LogP contribution < -0.4 is 0 Å². The number of aliphatic hydroxyl groups excluding tert-OH is 1. The lowest BCUT2D eigenvalue weighted by molar-refractivity contribution is -0.145. The number of aryl methyl sites for hydroxylation is 1. The average molecular weight is 236 g/mol. The third kappa shape index (κ3) is 2.39. The Balaban J connectivity index is 2.20. The lowest BCUT2D eigenvalue weighted by Crippen LogP contribution is -2.29. The summed E-state index contributed by atoms with van der Waals surface area (Å²) in [6.07, 6.45) is 7.41. The van der Waals surface area contributed by atoms with Crippen molar-refractivity contribution < 1.29 is 15.0 Å². The molecule has 0 saturated heterocycles. The van der Waals surface area contributed by atoms with E-state index in [1.807, 2.05) is 12.2 Å². The molecule has 0 aliphatic heterocycles. The van der Waals surface area contributed by atoms with E-state index in [9.17, 15) is 9.90 Å². The molecule has 1 aromatic rings. The van der Waals surface area contributed by atoms with Crippen molar-refractivity contribution in [3.8, 4) is 0 Å². The molecule has 0 bridgehead atoms. The summed E-state index contributed by atoms with van der Waals surface area (Å²) in [7, 11) is 1.77. The van der Waals surface area contributed by atoms with Gasteiger partial charge in [0.25, 0.3) is 0 Å². The van der Waals surface area contributed by atoms with Crippen LogP contribution in [0.1, 0.15) is 24.5 Å². The summed E-state index contributed by atoms with van der Waals surface area (Å²) in [5.41, 5.74) is 0.680. The van der Waals surface area contributed by atoms with Gasteiger partial charge in [-0.25, -0.2) is 0 Å². The highest BCUT2D eigenvalue weighted by Crippen LogP contribution is 2.35. The number of aliphatic hydroxyl groups is 1. The second-order valence-corrected chi connectivity index (χ2v) is 4.44. The molecule has 17 heavy (non-hydrogen) atoms. The van der Waals surface area contributed by atoms with Gasteiger partial charge in [0.15, 0.2) is 0 Å². The van der Waals surface area contributed by atoms with E-state index in [1.54, 1.807) is 24.1 Å². The van der Waals surface area contributed by atoms with Crippen LogP contribution in [0.25, 0.3) is 0 Å². The summed E-state index contributed by atoms with van der Waals surface area (Å²) in [5.74, 6) is -1.64. The number of aromatic nitrogens is 2. The minimum Gasteiger partial charge on any atom is -0.481 e. The van der Waals surface area contributed by atoms with Gasteiger partial charge in [-0.2, -0.15) is 5.10 Å². The number of aliphatic carboxylic acids is 1. The lowest BCUT2D eigenvalue weighted by atomic mass is 9.78. The van der Waals surface area contributed by atoms with Crippen LogP contribution in [0.4, 0.5) is 0 Å². The molecule has 1 aliphatic rings. The minimum absolute atomic E-state index is 0.276. The summed E-state index contributed by atoms with van der Waals surface area (Å²) >= 11 is 0. The normalized spacial score (nSPS) is 25.8. The van der Waals surface area contributed by atoms with Gasteiger partial charge in [0, 0.05) is 24.7 Å². The highest BCUT2D eigenvalue weighted by Gasteiger charge is 2.34. The van der Waals surface area contributed by atoms with E-state index in [-0.39, 0.29) is 5.92 Å². The molecule has 5 heteroatoms. The monoisotopic (exact) mass is 236 g/mol. The summed E-state index contributed by atoms with van der Waals surface area (Å²) < 4.78 is 1.60. The van der Waals surface area contributed by atoms with Crippen LogP contribution in [0.2, 0.25) is 0 Å². The Labute approximate surface area is 99.4 Å². The van der Waals surface area contributed by atoms with Gasteiger partial charge in [0.2, 0.25) is 0 Å². The van der Waals surface area contributed by atoms with E-state index in [0.717, 1.165) is 0 Å². The van der Waals surface area contributed by atoms with Gasteiger partial charge in [-0.1, -0.05) is 12.2 Å². The van der Waals surface area contributed by atoms with Crippen LogP contribution in [-0.2, 0) is 11.8 Å². The van der Waals surface area contributed by atoms with Gasteiger partial charge in [-0.3, -0.25) is 9.48 Å². The van der Waals surface area contributed by atoms with Crippen molar-refractivity contribution in [2.24, 2.45) is 18.9 Å². The zero-order valence-electron chi connectivity index (χ0n) is 9.65. The van der Waals surface area contributed by atoms with E-state index < -0.39 is 18.0 Å². The highest BCUT2D eigenvalue weighted by atomic mass is 16.4. The first-order valence-corrected chi connectivity index (χ1v) is 5.64. The second kappa shape index (κ2) is 4.71. The molecule has 0 radical (unpaired) electrons.